The van der Waals surface area contributed by atoms with Gasteiger partial charge in [0, 0.05) is 28.4 Å². The quantitative estimate of drug-likeness (QED) is 0.169. The molecule has 2 atom stereocenters. The van der Waals surface area contributed by atoms with Gasteiger partial charge in [-0.2, -0.15) is 0 Å². The molecule has 5 aliphatic rings. The molecule has 0 N–H and O–H groups in total. The highest BCUT2D eigenvalue weighted by molar-refractivity contribution is 6.99. The van der Waals surface area contributed by atoms with E-state index in [1.54, 1.807) is 0 Å². The van der Waals surface area contributed by atoms with E-state index in [-0.39, 0.29) is 23.5 Å². The van der Waals surface area contributed by atoms with Crippen LogP contribution in [0.4, 0.5) is 17.1 Å². The first-order valence-corrected chi connectivity index (χ1v) is 19.3. The van der Waals surface area contributed by atoms with Crippen molar-refractivity contribution in [1.82, 2.24) is 0 Å². The number of anilines is 3. The van der Waals surface area contributed by atoms with Gasteiger partial charge in [0.1, 0.15) is 11.5 Å². The summed E-state index contributed by atoms with van der Waals surface area (Å²) in [5.41, 5.74) is 23.4. The lowest BCUT2D eigenvalue weighted by molar-refractivity contribution is 0.485. The maximum absolute atomic E-state index is 6.93. The number of ether oxygens (including phenoxy) is 1. The van der Waals surface area contributed by atoms with E-state index >= 15 is 0 Å². The maximum Gasteiger partial charge on any atom is 0.252 e. The topological polar surface area (TPSA) is 12.5 Å². The summed E-state index contributed by atoms with van der Waals surface area (Å²) in [6.45, 7) is 19.3. The second kappa shape index (κ2) is 9.89. The predicted molar refractivity (Wildman–Crippen MR) is 218 cm³/mol. The zero-order valence-electron chi connectivity index (χ0n) is 31.5. The molecule has 0 spiro atoms. The van der Waals surface area contributed by atoms with Gasteiger partial charge in [0.15, 0.2) is 0 Å². The molecule has 0 aromatic heterocycles. The fourth-order valence-corrected chi connectivity index (χ4v) is 11.1. The minimum absolute atomic E-state index is 0.0968. The maximum atomic E-state index is 6.93. The van der Waals surface area contributed by atoms with Gasteiger partial charge in [0.05, 0.1) is 11.4 Å². The third-order valence-electron chi connectivity index (χ3n) is 13.8. The Morgan fingerprint density at radius 3 is 2.04 bits per heavy atom. The lowest BCUT2D eigenvalue weighted by atomic mass is 9.28. The Morgan fingerprint density at radius 2 is 1.25 bits per heavy atom. The third kappa shape index (κ3) is 3.58. The zero-order chi connectivity index (χ0) is 35.6. The van der Waals surface area contributed by atoms with E-state index in [1.807, 2.05) is 0 Å². The first-order chi connectivity index (χ1) is 25.0. The zero-order valence-corrected chi connectivity index (χ0v) is 31.5. The van der Waals surface area contributed by atoms with E-state index in [2.05, 4.69) is 163 Å². The number of hydrogen-bond donors (Lipinski definition) is 0. The van der Waals surface area contributed by atoms with Gasteiger partial charge in [-0.1, -0.05) is 128 Å². The minimum Gasteiger partial charge on any atom is -0.458 e. The van der Waals surface area contributed by atoms with Crippen LogP contribution in [0.5, 0.6) is 11.5 Å². The Bertz CT molecular complexity index is 2590. The molecule has 2 nitrogen and oxygen atoms in total. The van der Waals surface area contributed by atoms with Crippen molar-refractivity contribution in [2.24, 2.45) is 0 Å². The number of para-hydroxylation sites is 1. The van der Waals surface area contributed by atoms with Crippen LogP contribution in [0.25, 0.3) is 11.1 Å². The molecule has 0 radical (unpaired) electrons. The molecule has 6 aromatic carbocycles. The molecule has 1 aliphatic carbocycles. The summed E-state index contributed by atoms with van der Waals surface area (Å²) in [7, 11) is 0. The number of hydrogen-bond acceptors (Lipinski definition) is 2. The molecule has 52 heavy (non-hydrogen) atoms. The van der Waals surface area contributed by atoms with Crippen molar-refractivity contribution in [3.63, 3.8) is 0 Å². The Labute approximate surface area is 308 Å². The van der Waals surface area contributed by atoms with Crippen LogP contribution in [0.1, 0.15) is 123 Å². The van der Waals surface area contributed by atoms with Crippen LogP contribution in [0, 0.1) is 0 Å². The summed E-state index contributed by atoms with van der Waals surface area (Å²) in [6.07, 6.45) is 0. The van der Waals surface area contributed by atoms with E-state index in [0.717, 1.165) is 11.5 Å². The van der Waals surface area contributed by atoms with Crippen LogP contribution in [0.2, 0.25) is 0 Å². The molecule has 0 amide bonds. The molecule has 0 saturated heterocycles. The molecule has 3 heteroatoms. The second-order valence-corrected chi connectivity index (χ2v) is 17.5. The smallest absolute Gasteiger partial charge is 0.252 e. The monoisotopic (exact) mass is 673 g/mol. The summed E-state index contributed by atoms with van der Waals surface area (Å²) in [5, 5.41) is 0. The summed E-state index contributed by atoms with van der Waals surface area (Å²) in [6, 6.07) is 39.7. The molecule has 0 saturated carbocycles. The van der Waals surface area contributed by atoms with Crippen molar-refractivity contribution in [3.05, 3.63) is 153 Å². The van der Waals surface area contributed by atoms with Gasteiger partial charge < -0.3 is 9.64 Å². The minimum atomic E-state index is -0.180. The fourth-order valence-electron chi connectivity index (χ4n) is 11.1. The van der Waals surface area contributed by atoms with Gasteiger partial charge in [0.25, 0.3) is 6.71 Å². The number of nitrogens with zero attached hydrogens (tertiary/aromatic N) is 1. The summed E-state index contributed by atoms with van der Waals surface area (Å²) < 4.78 is 6.93. The molecule has 4 heterocycles. The van der Waals surface area contributed by atoms with Crippen LogP contribution in [0.3, 0.4) is 0 Å². The second-order valence-electron chi connectivity index (χ2n) is 17.5. The summed E-state index contributed by atoms with van der Waals surface area (Å²) >= 11 is 0. The molecule has 11 rings (SSSR count). The van der Waals surface area contributed by atoms with E-state index in [0.29, 0.717) is 11.8 Å². The van der Waals surface area contributed by atoms with E-state index in [4.69, 9.17) is 4.74 Å². The van der Waals surface area contributed by atoms with Crippen LogP contribution in [0.15, 0.2) is 103 Å². The first-order valence-electron chi connectivity index (χ1n) is 19.3. The van der Waals surface area contributed by atoms with Crippen molar-refractivity contribution < 1.29 is 4.74 Å². The SMILES string of the molecule is CC(C)c1cc2c3c(c1)C(C)c1c(N4c5ccccc5C(C)(C)c5cc6c(cc54)C(C)(C)c4ccccc4-6)ccc4c1B3c1c(cccc1C2C)O4. The molecular formula is C49H44BNO. The van der Waals surface area contributed by atoms with Crippen molar-refractivity contribution in [1.29, 1.82) is 0 Å². The van der Waals surface area contributed by atoms with E-state index in [9.17, 15) is 0 Å². The molecule has 2 unspecified atom stereocenters. The van der Waals surface area contributed by atoms with Crippen molar-refractivity contribution >= 4 is 40.2 Å². The number of benzene rings is 6. The van der Waals surface area contributed by atoms with Gasteiger partial charge in [-0.15, -0.1) is 0 Å². The molecule has 254 valence electrons. The Morgan fingerprint density at radius 1 is 0.558 bits per heavy atom. The van der Waals surface area contributed by atoms with E-state index in [1.165, 1.54) is 94.6 Å². The molecule has 4 aliphatic heterocycles. The average molecular weight is 674 g/mol. The Balaban J connectivity index is 1.23. The Hall–Kier alpha value is -5.02. The van der Waals surface area contributed by atoms with Gasteiger partial charge in [-0.05, 0) is 114 Å². The lowest BCUT2D eigenvalue weighted by Gasteiger charge is -2.47. The normalized spacial score (nSPS) is 19.7. The molecule has 0 bridgehead atoms. The highest BCUT2D eigenvalue weighted by atomic mass is 16.5. The number of fused-ring (bicyclic) bond motifs is 5. The third-order valence-corrected chi connectivity index (χ3v) is 13.8. The van der Waals surface area contributed by atoms with Crippen molar-refractivity contribution in [2.45, 2.75) is 84.0 Å². The van der Waals surface area contributed by atoms with Gasteiger partial charge in [-0.25, -0.2) is 0 Å². The van der Waals surface area contributed by atoms with Gasteiger partial charge in [-0.3, -0.25) is 0 Å². The summed E-state index contributed by atoms with van der Waals surface area (Å²) in [5.74, 6) is 2.99. The molecule has 0 fully saturated rings. The van der Waals surface area contributed by atoms with Crippen molar-refractivity contribution in [3.8, 4) is 22.6 Å². The standard InChI is InChI=1S/C49H44BNO/c1-26(2)29-22-32-27(3)30-15-13-19-42-46(30)50-45(32)33(23-29)28(4)44-40(20-21-43(52-42)47(44)50)51-39-18-12-11-17-36(39)49(7,8)38-24-34-31-14-9-10-16-35(31)48(5,6)37(34)25-41(38)51/h9-28H,1-8H3. The van der Waals surface area contributed by atoms with Crippen LogP contribution >= 0.6 is 0 Å². The van der Waals surface area contributed by atoms with E-state index < -0.39 is 0 Å². The highest BCUT2D eigenvalue weighted by Crippen LogP contribution is 2.58. The predicted octanol–water partition coefficient (Wildman–Crippen LogP) is 10.8. The largest absolute Gasteiger partial charge is 0.458 e. The van der Waals surface area contributed by atoms with Crippen LogP contribution in [-0.4, -0.2) is 6.71 Å². The molecule has 6 aromatic rings. The lowest BCUT2D eigenvalue weighted by Crippen LogP contribution is -2.64. The average Bonchev–Trinajstić information content (AvgIpc) is 3.37. The molecular weight excluding hydrogens is 629 g/mol. The summed E-state index contributed by atoms with van der Waals surface area (Å²) in [4.78, 5) is 2.63. The fraction of sp³-hybridized carbons (Fsp3) is 0.265. The van der Waals surface area contributed by atoms with Crippen molar-refractivity contribution in [2.75, 3.05) is 4.90 Å². The van der Waals surface area contributed by atoms with Gasteiger partial charge >= 0.3 is 0 Å². The van der Waals surface area contributed by atoms with Crippen LogP contribution < -0.4 is 26.0 Å². The first kappa shape index (κ1) is 30.6. The van der Waals surface area contributed by atoms with Crippen LogP contribution in [-0.2, 0) is 10.8 Å². The van der Waals surface area contributed by atoms with Gasteiger partial charge in [0.2, 0.25) is 0 Å². The Kier molecular flexibility index (Phi) is 5.82. The number of rotatable bonds is 2. The highest BCUT2D eigenvalue weighted by Gasteiger charge is 2.49.